The van der Waals surface area contributed by atoms with E-state index in [2.05, 4.69) is 38.2 Å². The quantitative estimate of drug-likeness (QED) is 0.843. The van der Waals surface area contributed by atoms with Crippen molar-refractivity contribution in [3.63, 3.8) is 0 Å². The topological polar surface area (TPSA) is 12.0 Å². The molecule has 0 radical (unpaired) electrons. The summed E-state index contributed by atoms with van der Waals surface area (Å²) in [6.45, 7) is 7.91. The lowest BCUT2D eigenvalue weighted by Crippen LogP contribution is -2.55. The molecule has 2 atom stereocenters. The zero-order valence-electron chi connectivity index (χ0n) is 10.3. The van der Waals surface area contributed by atoms with E-state index in [1.807, 2.05) is 12.1 Å². The average molecular weight is 238 g/mol. The molecule has 1 aromatic carbocycles. The Labute approximate surface area is 103 Å². The summed E-state index contributed by atoms with van der Waals surface area (Å²) in [5.74, 6) is 0.634. The molecule has 88 valence electrons. The highest BCUT2D eigenvalue weighted by Gasteiger charge is 2.47. The lowest BCUT2D eigenvalue weighted by molar-refractivity contribution is 0.0706. The highest BCUT2D eigenvalue weighted by atomic mass is 35.5. The highest BCUT2D eigenvalue weighted by molar-refractivity contribution is 6.30. The molecule has 2 heteroatoms. The molecule has 0 aliphatic heterocycles. The Bertz CT molecular complexity index is 373. The van der Waals surface area contributed by atoms with Crippen LogP contribution in [0.2, 0.25) is 5.02 Å². The monoisotopic (exact) mass is 237 g/mol. The minimum atomic E-state index is 0.334. The molecule has 0 aromatic heterocycles. The van der Waals surface area contributed by atoms with Gasteiger partial charge in [-0.05, 0) is 42.0 Å². The van der Waals surface area contributed by atoms with Crippen molar-refractivity contribution in [3.05, 3.63) is 34.9 Å². The van der Waals surface area contributed by atoms with Crippen LogP contribution in [0, 0.1) is 5.41 Å². The van der Waals surface area contributed by atoms with Crippen LogP contribution in [0.15, 0.2) is 24.3 Å². The molecule has 1 fully saturated rings. The molecular weight excluding hydrogens is 218 g/mol. The minimum Gasteiger partial charge on any atom is -0.314 e. The lowest BCUT2D eigenvalue weighted by atomic mass is 9.56. The number of hydrogen-bond donors (Lipinski definition) is 1. The highest BCUT2D eigenvalue weighted by Crippen LogP contribution is 2.52. The summed E-state index contributed by atoms with van der Waals surface area (Å²) in [5, 5.41) is 4.40. The zero-order valence-corrected chi connectivity index (χ0v) is 11.0. The third-order valence-corrected chi connectivity index (χ3v) is 4.20. The van der Waals surface area contributed by atoms with Gasteiger partial charge in [-0.3, -0.25) is 0 Å². The van der Waals surface area contributed by atoms with Gasteiger partial charge in [-0.15, -0.1) is 0 Å². The standard InChI is InChI=1S/C14H20ClN/c1-4-16-13-9-12(14(13,2)3)10-6-5-7-11(15)8-10/h5-8,12-13,16H,4,9H2,1-3H3. The van der Waals surface area contributed by atoms with Crippen molar-refractivity contribution < 1.29 is 0 Å². The van der Waals surface area contributed by atoms with Crippen molar-refractivity contribution in [2.24, 2.45) is 5.41 Å². The Morgan fingerprint density at radius 2 is 2.19 bits per heavy atom. The van der Waals surface area contributed by atoms with Gasteiger partial charge in [0.05, 0.1) is 0 Å². The van der Waals surface area contributed by atoms with Crippen LogP contribution in [0.1, 0.15) is 38.7 Å². The summed E-state index contributed by atoms with van der Waals surface area (Å²) in [6.07, 6.45) is 1.22. The molecule has 1 saturated carbocycles. The van der Waals surface area contributed by atoms with Crippen molar-refractivity contribution >= 4 is 11.6 Å². The molecular formula is C14H20ClN. The van der Waals surface area contributed by atoms with Gasteiger partial charge in [-0.25, -0.2) is 0 Å². The summed E-state index contributed by atoms with van der Waals surface area (Å²) >= 11 is 6.05. The second-order valence-corrected chi connectivity index (χ2v) is 5.71. The molecule has 1 aliphatic rings. The molecule has 0 spiro atoms. The van der Waals surface area contributed by atoms with Gasteiger partial charge in [0.2, 0.25) is 0 Å². The largest absolute Gasteiger partial charge is 0.314 e. The predicted octanol–water partition coefficient (Wildman–Crippen LogP) is 3.83. The second kappa shape index (κ2) is 4.38. The van der Waals surface area contributed by atoms with Gasteiger partial charge in [0, 0.05) is 11.1 Å². The van der Waals surface area contributed by atoms with E-state index in [1.54, 1.807) is 0 Å². The Balaban J connectivity index is 2.14. The first kappa shape index (κ1) is 11.9. The van der Waals surface area contributed by atoms with Gasteiger partial charge in [0.15, 0.2) is 0 Å². The van der Waals surface area contributed by atoms with Gasteiger partial charge in [0.25, 0.3) is 0 Å². The molecule has 2 rings (SSSR count). The molecule has 0 saturated heterocycles. The van der Waals surface area contributed by atoms with Crippen molar-refractivity contribution in [1.82, 2.24) is 5.32 Å². The molecule has 1 aliphatic carbocycles. The molecule has 0 heterocycles. The van der Waals surface area contributed by atoms with Crippen LogP contribution >= 0.6 is 11.6 Å². The first-order chi connectivity index (χ1) is 7.55. The number of hydrogen-bond acceptors (Lipinski definition) is 1. The van der Waals surface area contributed by atoms with E-state index in [0.29, 0.717) is 17.4 Å². The van der Waals surface area contributed by atoms with Crippen molar-refractivity contribution in [1.29, 1.82) is 0 Å². The number of halogens is 1. The smallest absolute Gasteiger partial charge is 0.0408 e. The predicted molar refractivity (Wildman–Crippen MR) is 70.1 cm³/mol. The van der Waals surface area contributed by atoms with E-state index in [0.717, 1.165) is 11.6 Å². The number of rotatable bonds is 3. The first-order valence-corrected chi connectivity index (χ1v) is 6.42. The molecule has 1 nitrogen and oxygen atoms in total. The SMILES string of the molecule is CCNC1CC(c2cccc(Cl)c2)C1(C)C. The zero-order chi connectivity index (χ0) is 11.8. The number of benzene rings is 1. The summed E-state index contributed by atoms with van der Waals surface area (Å²) in [5.41, 5.74) is 1.72. The maximum absolute atomic E-state index is 6.05. The Morgan fingerprint density at radius 1 is 1.44 bits per heavy atom. The maximum Gasteiger partial charge on any atom is 0.0408 e. The van der Waals surface area contributed by atoms with E-state index in [9.17, 15) is 0 Å². The fraction of sp³-hybridized carbons (Fsp3) is 0.571. The third kappa shape index (κ3) is 1.99. The Hall–Kier alpha value is -0.530. The molecule has 0 bridgehead atoms. The van der Waals surface area contributed by atoms with Crippen LogP contribution in [-0.2, 0) is 0 Å². The fourth-order valence-electron chi connectivity index (χ4n) is 2.81. The lowest BCUT2D eigenvalue weighted by Gasteiger charge is -2.53. The molecule has 16 heavy (non-hydrogen) atoms. The summed E-state index contributed by atoms with van der Waals surface area (Å²) in [4.78, 5) is 0. The fourth-order valence-corrected chi connectivity index (χ4v) is 3.01. The van der Waals surface area contributed by atoms with Crippen molar-refractivity contribution in [2.75, 3.05) is 6.54 Å². The van der Waals surface area contributed by atoms with Gasteiger partial charge in [-0.2, -0.15) is 0 Å². The normalized spacial score (nSPS) is 27.5. The summed E-state index contributed by atoms with van der Waals surface area (Å²) in [7, 11) is 0. The summed E-state index contributed by atoms with van der Waals surface area (Å²) in [6, 6.07) is 8.94. The van der Waals surface area contributed by atoms with E-state index in [1.165, 1.54) is 12.0 Å². The molecule has 0 amide bonds. The van der Waals surface area contributed by atoms with Crippen LogP contribution in [0.4, 0.5) is 0 Å². The van der Waals surface area contributed by atoms with Crippen LogP contribution in [0.5, 0.6) is 0 Å². The van der Waals surface area contributed by atoms with E-state index >= 15 is 0 Å². The van der Waals surface area contributed by atoms with E-state index in [-0.39, 0.29) is 0 Å². The van der Waals surface area contributed by atoms with Crippen LogP contribution < -0.4 is 5.32 Å². The Kier molecular flexibility index (Phi) is 3.27. The van der Waals surface area contributed by atoms with Crippen molar-refractivity contribution in [2.45, 2.75) is 39.2 Å². The van der Waals surface area contributed by atoms with Crippen LogP contribution in [0.25, 0.3) is 0 Å². The van der Waals surface area contributed by atoms with Crippen LogP contribution in [-0.4, -0.2) is 12.6 Å². The van der Waals surface area contributed by atoms with E-state index in [4.69, 9.17) is 11.6 Å². The van der Waals surface area contributed by atoms with Gasteiger partial charge >= 0.3 is 0 Å². The minimum absolute atomic E-state index is 0.334. The maximum atomic E-state index is 6.05. The van der Waals surface area contributed by atoms with Crippen LogP contribution in [0.3, 0.4) is 0 Å². The van der Waals surface area contributed by atoms with Crippen molar-refractivity contribution in [3.8, 4) is 0 Å². The summed E-state index contributed by atoms with van der Waals surface area (Å²) < 4.78 is 0. The Morgan fingerprint density at radius 3 is 2.75 bits per heavy atom. The van der Waals surface area contributed by atoms with Gasteiger partial charge in [0.1, 0.15) is 0 Å². The van der Waals surface area contributed by atoms with E-state index < -0.39 is 0 Å². The second-order valence-electron chi connectivity index (χ2n) is 5.27. The molecule has 2 unspecified atom stereocenters. The molecule has 1 aromatic rings. The average Bonchev–Trinajstić information content (AvgIpc) is 2.23. The van der Waals surface area contributed by atoms with Gasteiger partial charge < -0.3 is 5.32 Å². The van der Waals surface area contributed by atoms with Gasteiger partial charge in [-0.1, -0.05) is 44.5 Å². The first-order valence-electron chi connectivity index (χ1n) is 6.04. The molecule has 1 N–H and O–H groups in total. The third-order valence-electron chi connectivity index (χ3n) is 3.97. The number of nitrogens with one attached hydrogen (secondary N) is 1.